The van der Waals surface area contributed by atoms with Crippen LogP contribution < -0.4 is 10.6 Å². The number of alkyl halides is 3. The van der Waals surface area contributed by atoms with Gasteiger partial charge in [0.15, 0.2) is 0 Å². The molecule has 7 nitrogen and oxygen atoms in total. The van der Waals surface area contributed by atoms with Gasteiger partial charge in [-0.1, -0.05) is 23.2 Å². The maximum Gasteiger partial charge on any atom is 0.490 e. The van der Waals surface area contributed by atoms with Gasteiger partial charge < -0.3 is 20.8 Å². The van der Waals surface area contributed by atoms with Gasteiger partial charge in [-0.25, -0.2) is 4.79 Å². The second-order valence-corrected chi connectivity index (χ2v) is 7.23. The molecule has 0 spiro atoms. The summed E-state index contributed by atoms with van der Waals surface area (Å²) in [6.45, 7) is 1.81. The number of H-pyrrole nitrogens is 1. The van der Waals surface area contributed by atoms with Crippen molar-refractivity contribution in [1.29, 1.82) is 0 Å². The summed E-state index contributed by atoms with van der Waals surface area (Å²) in [6, 6.07) is 4.84. The van der Waals surface area contributed by atoms with Gasteiger partial charge in [0, 0.05) is 36.8 Å². The van der Waals surface area contributed by atoms with Gasteiger partial charge in [0.05, 0.1) is 16.2 Å². The van der Waals surface area contributed by atoms with Crippen LogP contribution in [0.15, 0.2) is 24.4 Å². The SMILES string of the molecule is NC(c1cc(Cl)c(Cl)cc1O)C1CCN(c2ccn[nH]2)CC1.O=C(O)C(F)(F)F. The van der Waals surface area contributed by atoms with Crippen molar-refractivity contribution in [3.8, 4) is 5.75 Å². The number of anilines is 1. The first-order chi connectivity index (χ1) is 13.5. The first-order valence-corrected chi connectivity index (χ1v) is 9.24. The Kier molecular flexibility index (Phi) is 7.61. The standard InChI is InChI=1S/C15H18Cl2N4O.C2HF3O2/c16-11-7-10(13(22)8-12(11)17)15(18)9-2-5-21(6-3-9)14-1-4-19-20-14;3-2(4,5)1(6)7/h1,4,7-9,15,22H,2-3,5-6,18H2,(H,19,20);(H,6,7). The number of aromatic amines is 1. The topological polar surface area (TPSA) is 115 Å². The molecular formula is C17H19Cl2F3N4O3. The highest BCUT2D eigenvalue weighted by Crippen LogP contribution is 2.38. The number of carbonyl (C=O) groups is 1. The van der Waals surface area contributed by atoms with Crippen molar-refractivity contribution < 1.29 is 28.2 Å². The minimum Gasteiger partial charge on any atom is -0.508 e. The van der Waals surface area contributed by atoms with Crippen LogP contribution >= 0.6 is 23.2 Å². The van der Waals surface area contributed by atoms with E-state index >= 15 is 0 Å². The lowest BCUT2D eigenvalue weighted by Crippen LogP contribution is -2.37. The Hall–Kier alpha value is -2.17. The van der Waals surface area contributed by atoms with Crippen LogP contribution in [0.5, 0.6) is 5.75 Å². The second-order valence-electron chi connectivity index (χ2n) is 6.42. The van der Waals surface area contributed by atoms with Gasteiger partial charge in [-0.15, -0.1) is 0 Å². The average molecular weight is 455 g/mol. The average Bonchev–Trinajstić information content (AvgIpc) is 3.19. The Morgan fingerprint density at radius 1 is 1.28 bits per heavy atom. The summed E-state index contributed by atoms with van der Waals surface area (Å²) < 4.78 is 31.7. The van der Waals surface area contributed by atoms with E-state index in [0.29, 0.717) is 21.5 Å². The van der Waals surface area contributed by atoms with E-state index in [1.54, 1.807) is 12.3 Å². The van der Waals surface area contributed by atoms with Crippen molar-refractivity contribution in [3.63, 3.8) is 0 Å². The molecule has 29 heavy (non-hydrogen) atoms. The molecule has 0 saturated carbocycles. The van der Waals surface area contributed by atoms with Crippen molar-refractivity contribution in [2.24, 2.45) is 11.7 Å². The number of phenolic OH excluding ortho intramolecular Hbond substituents is 1. The molecule has 1 aliphatic heterocycles. The van der Waals surface area contributed by atoms with E-state index in [2.05, 4.69) is 15.1 Å². The van der Waals surface area contributed by atoms with Crippen LogP contribution in [0.4, 0.5) is 19.0 Å². The molecule has 1 aromatic carbocycles. The molecule has 1 fully saturated rings. The number of aromatic nitrogens is 2. The van der Waals surface area contributed by atoms with Gasteiger partial charge in [-0.2, -0.15) is 18.3 Å². The quantitative estimate of drug-likeness (QED) is 0.557. The van der Waals surface area contributed by atoms with Crippen molar-refractivity contribution in [1.82, 2.24) is 10.2 Å². The van der Waals surface area contributed by atoms with E-state index < -0.39 is 12.1 Å². The van der Waals surface area contributed by atoms with Crippen LogP contribution in [0.25, 0.3) is 0 Å². The van der Waals surface area contributed by atoms with Gasteiger partial charge in [0.1, 0.15) is 11.6 Å². The highest BCUT2D eigenvalue weighted by atomic mass is 35.5. The Morgan fingerprint density at radius 3 is 2.31 bits per heavy atom. The number of benzene rings is 1. The molecule has 1 atom stereocenters. The number of piperidine rings is 1. The predicted octanol–water partition coefficient (Wildman–Crippen LogP) is 3.97. The number of carboxylic acids is 1. The van der Waals surface area contributed by atoms with Crippen molar-refractivity contribution >= 4 is 35.0 Å². The number of hydrogen-bond donors (Lipinski definition) is 4. The molecular weight excluding hydrogens is 436 g/mol. The van der Waals surface area contributed by atoms with Crippen LogP contribution in [-0.2, 0) is 4.79 Å². The van der Waals surface area contributed by atoms with Gasteiger partial charge in [0.2, 0.25) is 0 Å². The second kappa shape index (κ2) is 9.55. The van der Waals surface area contributed by atoms with Gasteiger partial charge in [-0.05, 0) is 24.8 Å². The van der Waals surface area contributed by atoms with Crippen LogP contribution in [-0.4, -0.2) is 45.6 Å². The first kappa shape index (κ1) is 23.1. The third-order valence-corrected chi connectivity index (χ3v) is 5.27. The molecule has 2 heterocycles. The minimum atomic E-state index is -5.08. The number of carboxylic acid groups (broad SMARTS) is 1. The number of rotatable bonds is 3. The number of aromatic hydroxyl groups is 1. The molecule has 1 unspecified atom stereocenters. The van der Waals surface area contributed by atoms with Crippen molar-refractivity contribution in [2.45, 2.75) is 25.1 Å². The summed E-state index contributed by atoms with van der Waals surface area (Å²) in [6.07, 6.45) is -1.44. The van der Waals surface area contributed by atoms with Crippen molar-refractivity contribution in [2.75, 3.05) is 18.0 Å². The predicted molar refractivity (Wildman–Crippen MR) is 102 cm³/mol. The molecule has 5 N–H and O–H groups in total. The number of nitrogens with two attached hydrogens (primary N) is 1. The van der Waals surface area contributed by atoms with Crippen LogP contribution in [0.1, 0.15) is 24.4 Å². The van der Waals surface area contributed by atoms with E-state index in [4.69, 9.17) is 38.8 Å². The number of phenols is 1. The Bertz CT molecular complexity index is 826. The van der Waals surface area contributed by atoms with Gasteiger partial charge >= 0.3 is 12.1 Å². The molecule has 0 radical (unpaired) electrons. The largest absolute Gasteiger partial charge is 0.508 e. The summed E-state index contributed by atoms with van der Waals surface area (Å²) in [7, 11) is 0. The molecule has 0 amide bonds. The number of hydrogen-bond acceptors (Lipinski definition) is 5. The highest BCUT2D eigenvalue weighted by molar-refractivity contribution is 6.42. The summed E-state index contributed by atoms with van der Waals surface area (Å²) in [5, 5.41) is 24.9. The van der Waals surface area contributed by atoms with E-state index in [-0.39, 0.29) is 11.8 Å². The Morgan fingerprint density at radius 2 is 1.83 bits per heavy atom. The van der Waals surface area contributed by atoms with Crippen molar-refractivity contribution in [3.05, 3.63) is 40.0 Å². The number of nitrogens with one attached hydrogen (secondary N) is 1. The zero-order chi connectivity index (χ0) is 21.8. The van der Waals surface area contributed by atoms with Gasteiger partial charge in [0.25, 0.3) is 0 Å². The highest BCUT2D eigenvalue weighted by Gasteiger charge is 2.38. The fourth-order valence-electron chi connectivity index (χ4n) is 3.00. The minimum absolute atomic E-state index is 0.109. The molecule has 1 aliphatic rings. The van der Waals surface area contributed by atoms with E-state index in [1.807, 2.05) is 6.07 Å². The third kappa shape index (κ3) is 6.15. The monoisotopic (exact) mass is 454 g/mol. The Labute approximate surface area is 174 Å². The summed E-state index contributed by atoms with van der Waals surface area (Å²) in [5.74, 6) is -1.32. The lowest BCUT2D eigenvalue weighted by Gasteiger charge is -2.35. The summed E-state index contributed by atoms with van der Waals surface area (Å²) in [5.41, 5.74) is 7.01. The lowest BCUT2D eigenvalue weighted by atomic mass is 9.85. The maximum absolute atomic E-state index is 10.6. The van der Waals surface area contributed by atoms with E-state index in [9.17, 15) is 18.3 Å². The third-order valence-electron chi connectivity index (χ3n) is 4.55. The zero-order valence-electron chi connectivity index (χ0n) is 15.0. The molecule has 160 valence electrons. The maximum atomic E-state index is 10.6. The number of nitrogens with zero attached hydrogens (tertiary/aromatic N) is 2. The number of halogens is 5. The lowest BCUT2D eigenvalue weighted by molar-refractivity contribution is -0.192. The molecule has 0 bridgehead atoms. The first-order valence-electron chi connectivity index (χ1n) is 8.48. The van der Waals surface area contributed by atoms with Crippen LogP contribution in [0, 0.1) is 5.92 Å². The zero-order valence-corrected chi connectivity index (χ0v) is 16.5. The molecule has 2 aromatic rings. The molecule has 3 rings (SSSR count). The van der Waals surface area contributed by atoms with E-state index in [1.165, 1.54) is 6.07 Å². The smallest absolute Gasteiger partial charge is 0.490 e. The van der Waals surface area contributed by atoms with Crippen LogP contribution in [0.2, 0.25) is 10.0 Å². The fraction of sp³-hybridized carbons (Fsp3) is 0.412. The summed E-state index contributed by atoms with van der Waals surface area (Å²) >= 11 is 11.9. The summed E-state index contributed by atoms with van der Waals surface area (Å²) in [4.78, 5) is 11.2. The molecule has 1 saturated heterocycles. The molecule has 1 aromatic heterocycles. The number of aliphatic carboxylic acids is 1. The fourth-order valence-corrected chi connectivity index (χ4v) is 3.33. The molecule has 12 heteroatoms. The molecule has 0 aliphatic carbocycles. The normalized spacial score (nSPS) is 16.1. The van der Waals surface area contributed by atoms with Gasteiger partial charge in [-0.3, -0.25) is 5.10 Å². The Balaban J connectivity index is 0.000000370. The van der Waals surface area contributed by atoms with Crippen LogP contribution in [0.3, 0.4) is 0 Å². The van der Waals surface area contributed by atoms with E-state index in [0.717, 1.165) is 31.7 Å².